The van der Waals surface area contributed by atoms with E-state index < -0.39 is 0 Å². The molecule has 21 heavy (non-hydrogen) atoms. The van der Waals surface area contributed by atoms with Crippen LogP contribution in [0.5, 0.6) is 0 Å². The molecule has 7 nitrogen and oxygen atoms in total. The van der Waals surface area contributed by atoms with Crippen molar-refractivity contribution in [1.82, 2.24) is 25.1 Å². The number of rotatable bonds is 8. The van der Waals surface area contributed by atoms with Gasteiger partial charge in [-0.15, -0.1) is 5.10 Å². The normalized spacial score (nSPS) is 10.6. The highest BCUT2D eigenvalue weighted by Gasteiger charge is 2.01. The zero-order valence-electron chi connectivity index (χ0n) is 12.5. The molecule has 2 N–H and O–H groups in total. The molecular weight excluding hydrogens is 266 g/mol. The molecule has 0 radical (unpaired) electrons. The molecule has 0 aliphatic rings. The fourth-order valence-corrected chi connectivity index (χ4v) is 1.75. The summed E-state index contributed by atoms with van der Waals surface area (Å²) in [7, 11) is 4.12. The number of hydrogen-bond donors (Lipinski definition) is 2. The number of nitrogens with one attached hydrogen (secondary N) is 2. The Morgan fingerprint density at radius 1 is 1.19 bits per heavy atom. The topological polar surface area (TPSA) is 78.9 Å². The Hall–Kier alpha value is -2.28. The van der Waals surface area contributed by atoms with Crippen molar-refractivity contribution in [2.45, 2.75) is 13.0 Å². The van der Waals surface area contributed by atoms with E-state index in [1.807, 2.05) is 18.2 Å². The number of hydrogen-bond acceptors (Lipinski definition) is 7. The van der Waals surface area contributed by atoms with E-state index in [-0.39, 0.29) is 0 Å². The van der Waals surface area contributed by atoms with E-state index in [4.69, 9.17) is 0 Å². The van der Waals surface area contributed by atoms with Gasteiger partial charge in [-0.05, 0) is 39.2 Å². The van der Waals surface area contributed by atoms with Crippen molar-refractivity contribution >= 4 is 11.8 Å². The van der Waals surface area contributed by atoms with Crippen LogP contribution in [0.15, 0.2) is 30.6 Å². The molecule has 0 bridgehead atoms. The Labute approximate surface area is 124 Å². The van der Waals surface area contributed by atoms with E-state index in [1.165, 1.54) is 0 Å². The predicted molar refractivity (Wildman–Crippen MR) is 83.1 cm³/mol. The molecule has 2 rings (SSSR count). The van der Waals surface area contributed by atoms with Crippen LogP contribution in [0, 0.1) is 0 Å². The van der Waals surface area contributed by atoms with Crippen molar-refractivity contribution in [3.8, 4) is 0 Å². The SMILES string of the molecule is CN(C)CCCNc1cnnc(NCc2ccccn2)n1. The summed E-state index contributed by atoms with van der Waals surface area (Å²) >= 11 is 0. The average molecular weight is 287 g/mol. The van der Waals surface area contributed by atoms with Crippen molar-refractivity contribution in [3.63, 3.8) is 0 Å². The summed E-state index contributed by atoms with van der Waals surface area (Å²) in [6.07, 6.45) is 4.44. The number of aromatic nitrogens is 4. The molecule has 7 heteroatoms. The second-order valence-corrected chi connectivity index (χ2v) is 4.92. The minimum Gasteiger partial charge on any atom is -0.369 e. The lowest BCUT2D eigenvalue weighted by atomic mass is 10.3. The molecule has 0 saturated carbocycles. The van der Waals surface area contributed by atoms with Crippen LogP contribution >= 0.6 is 0 Å². The molecule has 0 saturated heterocycles. The Morgan fingerprint density at radius 3 is 2.86 bits per heavy atom. The lowest BCUT2D eigenvalue weighted by Gasteiger charge is -2.10. The summed E-state index contributed by atoms with van der Waals surface area (Å²) < 4.78 is 0. The highest BCUT2D eigenvalue weighted by Crippen LogP contribution is 2.05. The van der Waals surface area contributed by atoms with Gasteiger partial charge in [0.15, 0.2) is 5.82 Å². The van der Waals surface area contributed by atoms with Gasteiger partial charge in [0.2, 0.25) is 5.95 Å². The van der Waals surface area contributed by atoms with Gasteiger partial charge in [0.1, 0.15) is 0 Å². The zero-order chi connectivity index (χ0) is 14.9. The third-order valence-corrected chi connectivity index (χ3v) is 2.80. The summed E-state index contributed by atoms with van der Waals surface area (Å²) in [6, 6.07) is 5.79. The van der Waals surface area contributed by atoms with Gasteiger partial charge in [0.25, 0.3) is 0 Å². The smallest absolute Gasteiger partial charge is 0.245 e. The molecule has 0 amide bonds. The Bertz CT molecular complexity index is 530. The van der Waals surface area contributed by atoms with Gasteiger partial charge in [-0.3, -0.25) is 4.98 Å². The molecule has 0 spiro atoms. The maximum atomic E-state index is 4.37. The molecule has 0 unspecified atom stereocenters. The first-order valence-corrected chi connectivity index (χ1v) is 6.96. The number of pyridine rings is 1. The lowest BCUT2D eigenvalue weighted by Crippen LogP contribution is -2.17. The highest BCUT2D eigenvalue weighted by molar-refractivity contribution is 5.37. The van der Waals surface area contributed by atoms with E-state index in [2.05, 4.69) is 49.8 Å². The minimum atomic E-state index is 0.498. The van der Waals surface area contributed by atoms with E-state index >= 15 is 0 Å². The largest absolute Gasteiger partial charge is 0.369 e. The summed E-state index contributed by atoms with van der Waals surface area (Å²) in [6.45, 7) is 2.47. The number of anilines is 2. The minimum absolute atomic E-state index is 0.498. The van der Waals surface area contributed by atoms with Gasteiger partial charge in [-0.1, -0.05) is 6.07 Å². The summed E-state index contributed by atoms with van der Waals surface area (Å²) in [5, 5.41) is 14.3. The molecule has 2 heterocycles. The Kier molecular flexibility index (Phi) is 5.83. The predicted octanol–water partition coefficient (Wildman–Crippen LogP) is 1.24. The lowest BCUT2D eigenvalue weighted by molar-refractivity contribution is 0.405. The second-order valence-electron chi connectivity index (χ2n) is 4.92. The van der Waals surface area contributed by atoms with Crippen LogP contribution in [0.25, 0.3) is 0 Å². The molecule has 0 aromatic carbocycles. The van der Waals surface area contributed by atoms with Crippen molar-refractivity contribution in [3.05, 3.63) is 36.3 Å². The van der Waals surface area contributed by atoms with Crippen molar-refractivity contribution in [2.75, 3.05) is 37.8 Å². The van der Waals surface area contributed by atoms with Crippen LogP contribution in [-0.4, -0.2) is 52.3 Å². The molecule has 2 aromatic rings. The first-order chi connectivity index (χ1) is 10.2. The molecule has 0 atom stereocenters. The highest BCUT2D eigenvalue weighted by atomic mass is 15.3. The average Bonchev–Trinajstić information content (AvgIpc) is 2.51. The Morgan fingerprint density at radius 2 is 2.10 bits per heavy atom. The third kappa shape index (κ3) is 5.70. The van der Waals surface area contributed by atoms with Crippen LogP contribution < -0.4 is 10.6 Å². The second kappa shape index (κ2) is 8.11. The van der Waals surface area contributed by atoms with Crippen LogP contribution in [0.2, 0.25) is 0 Å². The van der Waals surface area contributed by atoms with E-state index in [9.17, 15) is 0 Å². The summed E-state index contributed by atoms with van der Waals surface area (Å²) in [4.78, 5) is 10.8. The van der Waals surface area contributed by atoms with Crippen molar-refractivity contribution in [1.29, 1.82) is 0 Å². The number of nitrogens with zero attached hydrogens (tertiary/aromatic N) is 5. The van der Waals surface area contributed by atoms with Crippen LogP contribution in [0.3, 0.4) is 0 Å². The molecule has 112 valence electrons. The van der Waals surface area contributed by atoms with Gasteiger partial charge in [0, 0.05) is 12.7 Å². The summed E-state index contributed by atoms with van der Waals surface area (Å²) in [5.74, 6) is 1.23. The first-order valence-electron chi connectivity index (χ1n) is 6.96. The van der Waals surface area contributed by atoms with Gasteiger partial charge >= 0.3 is 0 Å². The van der Waals surface area contributed by atoms with Crippen molar-refractivity contribution < 1.29 is 0 Å². The van der Waals surface area contributed by atoms with E-state index in [1.54, 1.807) is 12.4 Å². The van der Waals surface area contributed by atoms with Gasteiger partial charge in [-0.25, -0.2) is 0 Å². The van der Waals surface area contributed by atoms with E-state index in [0.29, 0.717) is 12.5 Å². The van der Waals surface area contributed by atoms with Gasteiger partial charge < -0.3 is 15.5 Å². The van der Waals surface area contributed by atoms with Crippen molar-refractivity contribution in [2.24, 2.45) is 0 Å². The fraction of sp³-hybridized carbons (Fsp3) is 0.429. The van der Waals surface area contributed by atoms with E-state index in [0.717, 1.165) is 31.0 Å². The molecular formula is C14H21N7. The van der Waals surface area contributed by atoms with Crippen LogP contribution in [0.1, 0.15) is 12.1 Å². The monoisotopic (exact) mass is 287 g/mol. The third-order valence-electron chi connectivity index (χ3n) is 2.80. The molecule has 0 aliphatic carbocycles. The summed E-state index contributed by atoms with van der Waals surface area (Å²) in [5.41, 5.74) is 0.936. The zero-order valence-corrected chi connectivity index (χ0v) is 12.5. The van der Waals surface area contributed by atoms with Crippen LogP contribution in [0.4, 0.5) is 11.8 Å². The molecule has 0 aliphatic heterocycles. The standard InChI is InChI=1S/C14H21N7/c1-21(2)9-5-8-16-13-11-18-20-14(19-13)17-10-12-6-3-4-7-15-12/h3-4,6-7,11H,5,8-10H2,1-2H3,(H2,16,17,19,20). The maximum absolute atomic E-state index is 4.37. The van der Waals surface area contributed by atoms with Gasteiger partial charge in [0.05, 0.1) is 18.4 Å². The molecule has 2 aromatic heterocycles. The quantitative estimate of drug-likeness (QED) is 0.707. The van der Waals surface area contributed by atoms with Gasteiger partial charge in [-0.2, -0.15) is 10.1 Å². The fourth-order valence-electron chi connectivity index (χ4n) is 1.75. The first kappa shape index (κ1) is 15.1. The Balaban J connectivity index is 1.80. The maximum Gasteiger partial charge on any atom is 0.245 e. The van der Waals surface area contributed by atoms with Crippen LogP contribution in [-0.2, 0) is 6.54 Å². The molecule has 0 fully saturated rings.